The predicted molar refractivity (Wildman–Crippen MR) is 114 cm³/mol. The molecule has 0 fully saturated rings. The zero-order valence-electron chi connectivity index (χ0n) is 14.8. The summed E-state index contributed by atoms with van der Waals surface area (Å²) in [7, 11) is 0. The molecule has 0 saturated carbocycles. The van der Waals surface area contributed by atoms with E-state index in [1.165, 1.54) is 0 Å². The number of amides is 1. The van der Waals surface area contributed by atoms with Crippen LogP contribution in [0.2, 0.25) is 15.1 Å². The number of hydrogen-bond acceptors (Lipinski definition) is 2. The van der Waals surface area contributed by atoms with Gasteiger partial charge in [0.2, 0.25) is 5.91 Å². The summed E-state index contributed by atoms with van der Waals surface area (Å²) >= 11 is 18.1. The van der Waals surface area contributed by atoms with Crippen molar-refractivity contribution >= 4 is 46.8 Å². The molecule has 1 N–H and O–H groups in total. The standard InChI is InChI=1S/C21H16Cl3N3O/c22-15-5-2-14(3-6-15)21-17-12-27(10-9-19(17)25-26-21)20(28)8-4-13-1-7-16(23)11-18(13)24/h1-8,11H,9-10,12H2,(H,25,26)/b8-4+. The third kappa shape index (κ3) is 3.95. The predicted octanol–water partition coefficient (Wildman–Crippen LogP) is 5.64. The van der Waals surface area contributed by atoms with Crippen molar-refractivity contribution in [3.8, 4) is 11.3 Å². The van der Waals surface area contributed by atoms with E-state index in [0.29, 0.717) is 28.2 Å². The van der Waals surface area contributed by atoms with Crippen molar-refractivity contribution in [2.24, 2.45) is 0 Å². The number of benzene rings is 2. The van der Waals surface area contributed by atoms with Crippen LogP contribution >= 0.6 is 34.8 Å². The largest absolute Gasteiger partial charge is 0.334 e. The smallest absolute Gasteiger partial charge is 0.246 e. The van der Waals surface area contributed by atoms with Gasteiger partial charge in [0.25, 0.3) is 0 Å². The maximum atomic E-state index is 12.7. The van der Waals surface area contributed by atoms with Crippen LogP contribution in [0.3, 0.4) is 0 Å². The number of fused-ring (bicyclic) bond motifs is 1. The van der Waals surface area contributed by atoms with E-state index in [0.717, 1.165) is 34.5 Å². The second kappa shape index (κ2) is 8.00. The first-order valence-electron chi connectivity index (χ1n) is 8.75. The van der Waals surface area contributed by atoms with Crippen LogP contribution in [0.5, 0.6) is 0 Å². The number of halogens is 3. The number of carbonyl (C=O) groups excluding carboxylic acids is 1. The highest BCUT2D eigenvalue weighted by Crippen LogP contribution is 2.29. The molecule has 28 heavy (non-hydrogen) atoms. The van der Waals surface area contributed by atoms with Crippen LogP contribution in [-0.2, 0) is 17.8 Å². The van der Waals surface area contributed by atoms with Gasteiger partial charge in [-0.05, 0) is 35.9 Å². The number of nitrogens with zero attached hydrogens (tertiary/aromatic N) is 2. The monoisotopic (exact) mass is 431 g/mol. The molecular formula is C21H16Cl3N3O. The van der Waals surface area contributed by atoms with Crippen LogP contribution < -0.4 is 0 Å². The Labute approximate surface area is 177 Å². The highest BCUT2D eigenvalue weighted by Gasteiger charge is 2.24. The first kappa shape index (κ1) is 19.1. The van der Waals surface area contributed by atoms with Crippen LogP contribution in [-0.4, -0.2) is 27.5 Å². The summed E-state index contributed by atoms with van der Waals surface area (Å²) < 4.78 is 0. The molecule has 1 aromatic heterocycles. The van der Waals surface area contributed by atoms with Crippen molar-refractivity contribution in [3.63, 3.8) is 0 Å². The summed E-state index contributed by atoms with van der Waals surface area (Å²) in [6.45, 7) is 1.13. The van der Waals surface area contributed by atoms with Gasteiger partial charge in [-0.15, -0.1) is 0 Å². The van der Waals surface area contributed by atoms with E-state index < -0.39 is 0 Å². The molecule has 2 aromatic carbocycles. The Kier molecular flexibility index (Phi) is 5.44. The molecule has 7 heteroatoms. The van der Waals surface area contributed by atoms with E-state index in [4.69, 9.17) is 34.8 Å². The number of aromatic nitrogens is 2. The Hall–Kier alpha value is -2.27. The summed E-state index contributed by atoms with van der Waals surface area (Å²) in [5.74, 6) is -0.0695. The fourth-order valence-electron chi connectivity index (χ4n) is 3.23. The van der Waals surface area contributed by atoms with Gasteiger partial charge in [-0.25, -0.2) is 0 Å². The molecule has 1 amide bonds. The molecular weight excluding hydrogens is 417 g/mol. The van der Waals surface area contributed by atoms with E-state index in [1.54, 1.807) is 35.3 Å². The fraction of sp³-hybridized carbons (Fsp3) is 0.143. The van der Waals surface area contributed by atoms with Gasteiger partial charge in [0, 0.05) is 57.5 Å². The molecule has 0 aliphatic carbocycles. The Morgan fingerprint density at radius 1 is 1.07 bits per heavy atom. The third-order valence-electron chi connectivity index (χ3n) is 4.73. The van der Waals surface area contributed by atoms with Crippen molar-refractivity contribution in [3.05, 3.63) is 80.4 Å². The lowest BCUT2D eigenvalue weighted by atomic mass is 10.0. The molecule has 1 aliphatic rings. The molecule has 0 unspecified atom stereocenters. The van der Waals surface area contributed by atoms with Gasteiger partial charge >= 0.3 is 0 Å². The minimum atomic E-state index is -0.0695. The van der Waals surface area contributed by atoms with E-state index in [1.807, 2.05) is 24.3 Å². The molecule has 0 radical (unpaired) electrons. The Balaban J connectivity index is 1.53. The Morgan fingerprint density at radius 2 is 1.82 bits per heavy atom. The molecule has 4 nitrogen and oxygen atoms in total. The summed E-state index contributed by atoms with van der Waals surface area (Å²) in [4.78, 5) is 14.5. The number of carbonyl (C=O) groups is 1. The van der Waals surface area contributed by atoms with Gasteiger partial charge < -0.3 is 4.90 Å². The molecule has 142 valence electrons. The normalized spacial score (nSPS) is 13.8. The number of aromatic amines is 1. The van der Waals surface area contributed by atoms with Crippen molar-refractivity contribution in [2.45, 2.75) is 13.0 Å². The number of nitrogens with one attached hydrogen (secondary N) is 1. The van der Waals surface area contributed by atoms with Crippen LogP contribution in [0.25, 0.3) is 17.3 Å². The van der Waals surface area contributed by atoms with Crippen molar-refractivity contribution < 1.29 is 4.79 Å². The average molecular weight is 433 g/mol. The van der Waals surface area contributed by atoms with Gasteiger partial charge in [-0.1, -0.05) is 53.0 Å². The first-order valence-corrected chi connectivity index (χ1v) is 9.89. The van der Waals surface area contributed by atoms with E-state index in [9.17, 15) is 4.79 Å². The molecule has 1 aliphatic heterocycles. The lowest BCUT2D eigenvalue weighted by molar-refractivity contribution is -0.126. The summed E-state index contributed by atoms with van der Waals surface area (Å²) in [5.41, 5.74) is 4.69. The molecule has 4 rings (SSSR count). The van der Waals surface area contributed by atoms with E-state index >= 15 is 0 Å². The molecule has 3 aromatic rings. The second-order valence-corrected chi connectivity index (χ2v) is 7.83. The van der Waals surface area contributed by atoms with Gasteiger partial charge in [-0.2, -0.15) is 5.10 Å². The van der Waals surface area contributed by atoms with Gasteiger partial charge in [-0.3, -0.25) is 9.89 Å². The lowest BCUT2D eigenvalue weighted by Gasteiger charge is -2.26. The average Bonchev–Trinajstić information content (AvgIpc) is 3.11. The van der Waals surface area contributed by atoms with Crippen LogP contribution in [0.15, 0.2) is 48.5 Å². The SMILES string of the molecule is O=C(/C=C/c1ccc(Cl)cc1Cl)N1CCc2[nH]nc(-c3ccc(Cl)cc3)c2C1. The first-order chi connectivity index (χ1) is 13.5. The van der Waals surface area contributed by atoms with Crippen molar-refractivity contribution in [1.82, 2.24) is 15.1 Å². The molecule has 0 atom stereocenters. The zero-order valence-corrected chi connectivity index (χ0v) is 17.0. The highest BCUT2D eigenvalue weighted by atomic mass is 35.5. The number of H-pyrrole nitrogens is 1. The van der Waals surface area contributed by atoms with Crippen LogP contribution in [0, 0.1) is 0 Å². The number of rotatable bonds is 3. The van der Waals surface area contributed by atoms with Crippen molar-refractivity contribution in [1.29, 1.82) is 0 Å². The van der Waals surface area contributed by atoms with E-state index in [-0.39, 0.29) is 5.91 Å². The molecule has 2 heterocycles. The summed E-state index contributed by atoms with van der Waals surface area (Å²) in [6.07, 6.45) is 3.99. The molecule has 0 bridgehead atoms. The van der Waals surface area contributed by atoms with Gasteiger partial charge in [0.15, 0.2) is 0 Å². The maximum Gasteiger partial charge on any atom is 0.246 e. The van der Waals surface area contributed by atoms with Gasteiger partial charge in [0.1, 0.15) is 0 Å². The Morgan fingerprint density at radius 3 is 2.57 bits per heavy atom. The highest BCUT2D eigenvalue weighted by molar-refractivity contribution is 6.35. The van der Waals surface area contributed by atoms with Crippen LogP contribution in [0.4, 0.5) is 0 Å². The molecule has 0 spiro atoms. The maximum absolute atomic E-state index is 12.7. The number of hydrogen-bond donors (Lipinski definition) is 1. The second-order valence-electron chi connectivity index (χ2n) is 6.55. The van der Waals surface area contributed by atoms with Gasteiger partial charge in [0.05, 0.1) is 5.69 Å². The topological polar surface area (TPSA) is 49.0 Å². The fourth-order valence-corrected chi connectivity index (χ4v) is 3.83. The summed E-state index contributed by atoms with van der Waals surface area (Å²) in [5, 5.41) is 9.30. The van der Waals surface area contributed by atoms with Crippen molar-refractivity contribution in [2.75, 3.05) is 6.54 Å². The quantitative estimate of drug-likeness (QED) is 0.545. The minimum absolute atomic E-state index is 0.0695. The third-order valence-corrected chi connectivity index (χ3v) is 5.55. The molecule has 0 saturated heterocycles. The lowest BCUT2D eigenvalue weighted by Crippen LogP contribution is -2.34. The Bertz CT molecular complexity index is 1060. The summed E-state index contributed by atoms with van der Waals surface area (Å²) in [6, 6.07) is 12.7. The van der Waals surface area contributed by atoms with E-state index in [2.05, 4.69) is 10.2 Å². The minimum Gasteiger partial charge on any atom is -0.334 e. The zero-order chi connectivity index (χ0) is 19.7. The van der Waals surface area contributed by atoms with Crippen LogP contribution in [0.1, 0.15) is 16.8 Å².